The number of thiazole rings is 1. The van der Waals surface area contributed by atoms with Crippen molar-refractivity contribution >= 4 is 33.7 Å². The van der Waals surface area contributed by atoms with Crippen LogP contribution in [0.3, 0.4) is 0 Å². The minimum atomic E-state index is 0.544. The summed E-state index contributed by atoms with van der Waals surface area (Å²) in [6.45, 7) is 5.00. The molecule has 1 N–H and O–H groups in total. The summed E-state index contributed by atoms with van der Waals surface area (Å²) in [5.41, 5.74) is 4.80. The molecule has 0 atom stereocenters. The molecular formula is C27H24N4O2S. The predicted octanol–water partition coefficient (Wildman–Crippen LogP) is 6.96. The van der Waals surface area contributed by atoms with E-state index < -0.39 is 0 Å². The van der Waals surface area contributed by atoms with Crippen molar-refractivity contribution < 1.29 is 9.47 Å². The van der Waals surface area contributed by atoms with Crippen LogP contribution in [0.5, 0.6) is 11.5 Å². The molecule has 170 valence electrons. The fourth-order valence-corrected chi connectivity index (χ4v) is 4.55. The number of ether oxygens (including phenoxy) is 2. The zero-order chi connectivity index (χ0) is 23.3. The van der Waals surface area contributed by atoms with Crippen LogP contribution in [0.15, 0.2) is 78.4 Å². The highest BCUT2D eigenvalue weighted by Crippen LogP contribution is 2.36. The smallest absolute Gasteiger partial charge is 0.163 e. The topological polar surface area (TPSA) is 69.2 Å². The molecule has 2 heterocycles. The minimum absolute atomic E-state index is 0.544. The second-order valence-electron chi connectivity index (χ2n) is 7.51. The lowest BCUT2D eigenvalue weighted by Crippen LogP contribution is -2.01. The lowest BCUT2D eigenvalue weighted by Gasteiger charge is -2.14. The van der Waals surface area contributed by atoms with Crippen LogP contribution in [0, 0.1) is 0 Å². The third-order valence-corrected chi connectivity index (χ3v) is 6.14. The number of benzene rings is 3. The van der Waals surface area contributed by atoms with Gasteiger partial charge in [0.25, 0.3) is 0 Å². The number of fused-ring (bicyclic) bond motifs is 1. The Balaban J connectivity index is 1.46. The maximum absolute atomic E-state index is 5.80. The van der Waals surface area contributed by atoms with E-state index in [-0.39, 0.29) is 0 Å². The van der Waals surface area contributed by atoms with Gasteiger partial charge in [-0.2, -0.15) is 0 Å². The van der Waals surface area contributed by atoms with Crippen LogP contribution in [-0.4, -0.2) is 28.2 Å². The molecule has 0 radical (unpaired) electrons. The Bertz CT molecular complexity index is 1420. The Morgan fingerprint density at radius 2 is 1.59 bits per heavy atom. The summed E-state index contributed by atoms with van der Waals surface area (Å²) in [6.07, 6.45) is 1.55. The summed E-state index contributed by atoms with van der Waals surface area (Å²) < 4.78 is 11.5. The van der Waals surface area contributed by atoms with Gasteiger partial charge in [-0.3, -0.25) is 0 Å². The lowest BCUT2D eigenvalue weighted by atomic mass is 10.1. The van der Waals surface area contributed by atoms with E-state index in [0.29, 0.717) is 30.5 Å². The third kappa shape index (κ3) is 4.56. The molecule has 5 rings (SSSR count). The molecule has 0 saturated heterocycles. The molecule has 0 fully saturated rings. The fourth-order valence-electron chi connectivity index (χ4n) is 3.71. The molecule has 0 bridgehead atoms. The first-order valence-corrected chi connectivity index (χ1v) is 12.1. The maximum atomic E-state index is 5.80. The van der Waals surface area contributed by atoms with Crippen LogP contribution in [0.1, 0.15) is 13.8 Å². The van der Waals surface area contributed by atoms with E-state index in [0.717, 1.165) is 38.4 Å². The van der Waals surface area contributed by atoms with Gasteiger partial charge in [-0.15, -0.1) is 11.3 Å². The van der Waals surface area contributed by atoms with Crippen LogP contribution in [0.4, 0.5) is 11.5 Å². The molecule has 3 aromatic carbocycles. The van der Waals surface area contributed by atoms with Crippen molar-refractivity contribution in [3.05, 3.63) is 78.4 Å². The number of aromatic nitrogens is 3. The first kappa shape index (κ1) is 21.9. The first-order chi connectivity index (χ1) is 16.7. The van der Waals surface area contributed by atoms with Gasteiger partial charge < -0.3 is 14.8 Å². The van der Waals surface area contributed by atoms with Crippen molar-refractivity contribution in [1.29, 1.82) is 0 Å². The molecule has 2 aromatic heterocycles. The van der Waals surface area contributed by atoms with E-state index in [2.05, 4.69) is 44.9 Å². The van der Waals surface area contributed by atoms with Gasteiger partial charge >= 0.3 is 0 Å². The molecule has 0 saturated carbocycles. The van der Waals surface area contributed by atoms with Crippen LogP contribution >= 0.6 is 11.3 Å². The van der Waals surface area contributed by atoms with E-state index in [1.54, 1.807) is 17.7 Å². The summed E-state index contributed by atoms with van der Waals surface area (Å²) >= 11 is 1.64. The molecular weight excluding hydrogens is 444 g/mol. The molecule has 6 nitrogen and oxygen atoms in total. The molecule has 7 heteroatoms. The van der Waals surface area contributed by atoms with Crippen LogP contribution < -0.4 is 14.8 Å². The Hall–Kier alpha value is -3.97. The molecule has 0 aliphatic heterocycles. The van der Waals surface area contributed by atoms with E-state index in [1.165, 1.54) is 0 Å². The molecule has 0 aliphatic rings. The Kier molecular flexibility index (Phi) is 6.35. The van der Waals surface area contributed by atoms with Gasteiger partial charge in [0.2, 0.25) is 0 Å². The predicted molar refractivity (Wildman–Crippen MR) is 138 cm³/mol. The average Bonchev–Trinajstić information content (AvgIpc) is 3.36. The zero-order valence-corrected chi connectivity index (χ0v) is 19.8. The van der Waals surface area contributed by atoms with Gasteiger partial charge in [0.05, 0.1) is 24.4 Å². The van der Waals surface area contributed by atoms with Gasteiger partial charge in [-0.25, -0.2) is 15.0 Å². The highest BCUT2D eigenvalue weighted by Gasteiger charge is 2.13. The quantitative estimate of drug-likeness (QED) is 0.265. The number of anilines is 2. The summed E-state index contributed by atoms with van der Waals surface area (Å²) in [5.74, 6) is 2.06. The largest absolute Gasteiger partial charge is 0.490 e. The minimum Gasteiger partial charge on any atom is -0.490 e. The van der Waals surface area contributed by atoms with Crippen molar-refractivity contribution in [3.63, 3.8) is 0 Å². The highest BCUT2D eigenvalue weighted by molar-refractivity contribution is 7.13. The van der Waals surface area contributed by atoms with Gasteiger partial charge in [0.1, 0.15) is 17.2 Å². The monoisotopic (exact) mass is 468 g/mol. The van der Waals surface area contributed by atoms with Crippen molar-refractivity contribution in [1.82, 2.24) is 15.0 Å². The van der Waals surface area contributed by atoms with Crippen LogP contribution in [-0.2, 0) is 0 Å². The second kappa shape index (κ2) is 9.89. The third-order valence-electron chi connectivity index (χ3n) is 5.25. The zero-order valence-electron chi connectivity index (χ0n) is 19.0. The normalized spacial score (nSPS) is 10.9. The summed E-state index contributed by atoms with van der Waals surface area (Å²) in [7, 11) is 0. The highest BCUT2D eigenvalue weighted by atomic mass is 32.1. The average molecular weight is 469 g/mol. The lowest BCUT2D eigenvalue weighted by molar-refractivity contribution is 0.288. The molecule has 0 unspecified atom stereocenters. The van der Waals surface area contributed by atoms with Gasteiger partial charge in [0.15, 0.2) is 11.5 Å². The van der Waals surface area contributed by atoms with Crippen molar-refractivity contribution in [2.75, 3.05) is 18.5 Å². The molecule has 0 amide bonds. The summed E-state index contributed by atoms with van der Waals surface area (Å²) in [4.78, 5) is 13.8. The SMILES string of the molecule is CCOc1cc2ncnc(Nc3cccc(-c4csc(-c5ccccc5)n4)c3)c2cc1OCC. The number of hydrogen-bond acceptors (Lipinski definition) is 7. The first-order valence-electron chi connectivity index (χ1n) is 11.2. The summed E-state index contributed by atoms with van der Waals surface area (Å²) in [6, 6.07) is 22.2. The number of rotatable bonds is 8. The fraction of sp³-hybridized carbons (Fsp3) is 0.148. The van der Waals surface area contributed by atoms with Crippen LogP contribution in [0.25, 0.3) is 32.7 Å². The Morgan fingerprint density at radius 1 is 0.824 bits per heavy atom. The van der Waals surface area contributed by atoms with E-state index >= 15 is 0 Å². The van der Waals surface area contributed by atoms with Crippen molar-refractivity contribution in [3.8, 4) is 33.3 Å². The second-order valence-corrected chi connectivity index (χ2v) is 8.37. The number of hydrogen-bond donors (Lipinski definition) is 1. The Morgan fingerprint density at radius 3 is 2.38 bits per heavy atom. The molecule has 0 spiro atoms. The van der Waals surface area contributed by atoms with Crippen LogP contribution in [0.2, 0.25) is 0 Å². The van der Waals surface area contributed by atoms with Gasteiger partial charge in [0, 0.05) is 33.6 Å². The molecule has 0 aliphatic carbocycles. The van der Waals surface area contributed by atoms with E-state index in [1.807, 2.05) is 56.3 Å². The Labute approximate surface area is 202 Å². The van der Waals surface area contributed by atoms with E-state index in [4.69, 9.17) is 14.5 Å². The van der Waals surface area contributed by atoms with E-state index in [9.17, 15) is 0 Å². The number of nitrogens with one attached hydrogen (secondary N) is 1. The van der Waals surface area contributed by atoms with Gasteiger partial charge in [-0.1, -0.05) is 42.5 Å². The number of nitrogens with zero attached hydrogens (tertiary/aromatic N) is 3. The van der Waals surface area contributed by atoms with Gasteiger partial charge in [-0.05, 0) is 32.0 Å². The molecule has 34 heavy (non-hydrogen) atoms. The summed E-state index contributed by atoms with van der Waals surface area (Å²) in [5, 5.41) is 7.40. The molecule has 5 aromatic rings. The van der Waals surface area contributed by atoms with Crippen molar-refractivity contribution in [2.24, 2.45) is 0 Å². The maximum Gasteiger partial charge on any atom is 0.163 e. The standard InChI is InChI=1S/C27H24N4O2S/c1-3-32-24-14-21-22(15-25(24)33-4-2)28-17-29-26(21)30-20-12-8-11-19(13-20)23-16-34-27(31-23)18-9-6-5-7-10-18/h5-17H,3-4H2,1-2H3,(H,28,29,30). The van der Waals surface area contributed by atoms with Crippen molar-refractivity contribution in [2.45, 2.75) is 13.8 Å².